The summed E-state index contributed by atoms with van der Waals surface area (Å²) < 4.78 is 10.0. The Balaban J connectivity index is 2.08. The van der Waals surface area contributed by atoms with Gasteiger partial charge in [-0.15, -0.1) is 0 Å². The van der Waals surface area contributed by atoms with Crippen LogP contribution < -0.4 is 5.63 Å². The van der Waals surface area contributed by atoms with Gasteiger partial charge in [0.2, 0.25) is 0 Å². The van der Waals surface area contributed by atoms with Crippen LogP contribution >= 0.6 is 11.6 Å². The molecular weight excluding hydrogens is 332 g/mol. The Morgan fingerprint density at radius 3 is 2.62 bits per heavy atom. The third-order valence-corrected chi connectivity index (χ3v) is 3.78. The summed E-state index contributed by atoms with van der Waals surface area (Å²) in [6.07, 6.45) is 0.0343. The first-order chi connectivity index (χ1) is 11.6. The molecule has 0 bridgehead atoms. The van der Waals surface area contributed by atoms with Crippen molar-refractivity contribution in [2.45, 2.75) is 6.42 Å². The number of ether oxygens (including phenoxy) is 1. The molecule has 2 aromatic carbocycles. The van der Waals surface area contributed by atoms with Crippen molar-refractivity contribution in [3.63, 3.8) is 0 Å². The number of aromatic hydroxyl groups is 1. The van der Waals surface area contributed by atoms with E-state index in [-0.39, 0.29) is 29.4 Å². The summed E-state index contributed by atoms with van der Waals surface area (Å²) in [4.78, 5) is 24.2. The average molecular weight is 345 g/mol. The molecule has 0 aliphatic heterocycles. The molecule has 122 valence electrons. The van der Waals surface area contributed by atoms with Crippen LogP contribution in [-0.2, 0) is 11.2 Å². The number of rotatable bonds is 4. The van der Waals surface area contributed by atoms with Gasteiger partial charge < -0.3 is 14.3 Å². The van der Waals surface area contributed by atoms with E-state index in [0.29, 0.717) is 16.5 Å². The third kappa shape index (κ3) is 2.98. The molecule has 0 amide bonds. The largest absolute Gasteiger partial charge is 0.507 e. The standard InChI is InChI=1S/C18H13ClO5/c19-10-23-17(21)12-6-2-1-5-11(12)9-14-16(20)13-7-3-4-8-15(13)24-18(14)22/h1-8,20H,9-10H2. The molecule has 0 radical (unpaired) electrons. The summed E-state index contributed by atoms with van der Waals surface area (Å²) >= 11 is 5.43. The maximum atomic E-state index is 12.2. The highest BCUT2D eigenvalue weighted by atomic mass is 35.5. The summed E-state index contributed by atoms with van der Waals surface area (Å²) in [5.41, 5.74) is 0.556. The van der Waals surface area contributed by atoms with Gasteiger partial charge in [-0.1, -0.05) is 41.9 Å². The molecule has 5 nitrogen and oxygen atoms in total. The van der Waals surface area contributed by atoms with E-state index in [4.69, 9.17) is 20.8 Å². The minimum atomic E-state index is -0.647. The van der Waals surface area contributed by atoms with E-state index in [0.717, 1.165) is 0 Å². The van der Waals surface area contributed by atoms with Gasteiger partial charge in [-0.3, -0.25) is 0 Å². The molecule has 3 aromatic rings. The van der Waals surface area contributed by atoms with Crippen molar-refractivity contribution in [1.82, 2.24) is 0 Å². The number of fused-ring (bicyclic) bond motifs is 1. The molecule has 1 N–H and O–H groups in total. The van der Waals surface area contributed by atoms with Gasteiger partial charge in [0, 0.05) is 6.42 Å². The van der Waals surface area contributed by atoms with Gasteiger partial charge in [0.25, 0.3) is 0 Å². The number of carbonyl (C=O) groups is 1. The molecule has 0 aliphatic rings. The number of carbonyl (C=O) groups excluding carboxylic acids is 1. The maximum Gasteiger partial charge on any atom is 0.343 e. The van der Waals surface area contributed by atoms with Crippen LogP contribution in [0.3, 0.4) is 0 Å². The minimum Gasteiger partial charge on any atom is -0.507 e. The van der Waals surface area contributed by atoms with Gasteiger partial charge in [-0.25, -0.2) is 9.59 Å². The predicted octanol–water partition coefficient (Wildman–Crippen LogP) is 3.44. The van der Waals surface area contributed by atoms with E-state index < -0.39 is 11.6 Å². The summed E-state index contributed by atoms with van der Waals surface area (Å²) in [7, 11) is 0. The third-order valence-electron chi connectivity index (χ3n) is 3.67. The van der Waals surface area contributed by atoms with Crippen LogP contribution in [0.4, 0.5) is 0 Å². The van der Waals surface area contributed by atoms with Crippen molar-refractivity contribution in [2.75, 3.05) is 6.07 Å². The smallest absolute Gasteiger partial charge is 0.343 e. The number of esters is 1. The Labute approximate surface area is 142 Å². The lowest BCUT2D eigenvalue weighted by Gasteiger charge is -2.10. The molecule has 3 rings (SSSR count). The quantitative estimate of drug-likeness (QED) is 0.445. The summed E-state index contributed by atoms with van der Waals surface area (Å²) in [6.45, 7) is 0. The second kappa shape index (κ2) is 6.76. The molecule has 0 spiro atoms. The highest BCUT2D eigenvalue weighted by Gasteiger charge is 2.18. The minimum absolute atomic E-state index is 0.0343. The van der Waals surface area contributed by atoms with E-state index in [2.05, 4.69) is 0 Å². The Hall–Kier alpha value is -2.79. The van der Waals surface area contributed by atoms with Crippen LogP contribution in [0.5, 0.6) is 5.75 Å². The molecule has 0 atom stereocenters. The summed E-state index contributed by atoms with van der Waals surface area (Å²) in [6, 6.07) is 13.1. The first-order valence-electron chi connectivity index (χ1n) is 7.16. The van der Waals surface area contributed by atoms with Gasteiger partial charge in [0.1, 0.15) is 11.3 Å². The Bertz CT molecular complexity index is 961. The monoisotopic (exact) mass is 344 g/mol. The lowest BCUT2D eigenvalue weighted by molar-refractivity contribution is 0.0573. The Morgan fingerprint density at radius 1 is 1.12 bits per heavy atom. The van der Waals surface area contributed by atoms with E-state index in [1.165, 1.54) is 0 Å². The van der Waals surface area contributed by atoms with E-state index in [1.807, 2.05) is 0 Å². The average Bonchev–Trinajstić information content (AvgIpc) is 2.59. The normalized spacial score (nSPS) is 10.7. The zero-order valence-electron chi connectivity index (χ0n) is 12.5. The Kier molecular flexibility index (Phi) is 4.53. The predicted molar refractivity (Wildman–Crippen MR) is 89.5 cm³/mol. The number of alkyl halides is 1. The van der Waals surface area contributed by atoms with Gasteiger partial charge >= 0.3 is 11.6 Å². The van der Waals surface area contributed by atoms with E-state index >= 15 is 0 Å². The first-order valence-corrected chi connectivity index (χ1v) is 7.70. The first kappa shape index (κ1) is 16.1. The maximum absolute atomic E-state index is 12.2. The summed E-state index contributed by atoms with van der Waals surface area (Å²) in [5, 5.41) is 10.9. The highest BCUT2D eigenvalue weighted by Crippen LogP contribution is 2.28. The lowest BCUT2D eigenvalue weighted by atomic mass is 9.99. The highest BCUT2D eigenvalue weighted by molar-refractivity contribution is 6.17. The number of halogens is 1. The van der Waals surface area contributed by atoms with Crippen molar-refractivity contribution in [2.24, 2.45) is 0 Å². The second-order valence-corrected chi connectivity index (χ2v) is 5.31. The Morgan fingerprint density at radius 2 is 1.83 bits per heavy atom. The van der Waals surface area contributed by atoms with Crippen LogP contribution in [0.1, 0.15) is 21.5 Å². The summed E-state index contributed by atoms with van der Waals surface area (Å²) in [5.74, 6) is -0.743. The van der Waals surface area contributed by atoms with E-state index in [9.17, 15) is 14.7 Å². The number of hydrogen-bond donors (Lipinski definition) is 1. The van der Waals surface area contributed by atoms with Crippen LogP contribution in [0.15, 0.2) is 57.7 Å². The molecule has 0 aliphatic carbocycles. The fraction of sp³-hybridized carbons (Fsp3) is 0.111. The van der Waals surface area contributed by atoms with Crippen molar-refractivity contribution in [1.29, 1.82) is 0 Å². The number of benzene rings is 2. The topological polar surface area (TPSA) is 76.7 Å². The van der Waals surface area contributed by atoms with Crippen molar-refractivity contribution in [3.05, 3.63) is 75.6 Å². The molecule has 6 heteroatoms. The van der Waals surface area contributed by atoms with Crippen molar-refractivity contribution < 1.29 is 19.1 Å². The molecule has 0 saturated carbocycles. The lowest BCUT2D eigenvalue weighted by Crippen LogP contribution is -2.12. The van der Waals surface area contributed by atoms with Crippen LogP contribution in [0, 0.1) is 0 Å². The zero-order chi connectivity index (χ0) is 17.1. The molecule has 1 aromatic heterocycles. The molecule has 0 unspecified atom stereocenters. The number of para-hydroxylation sites is 1. The molecular formula is C18H13ClO5. The van der Waals surface area contributed by atoms with Gasteiger partial charge in [0.15, 0.2) is 6.07 Å². The molecule has 24 heavy (non-hydrogen) atoms. The molecule has 0 fully saturated rings. The second-order valence-electron chi connectivity index (χ2n) is 5.09. The van der Waals surface area contributed by atoms with Crippen molar-refractivity contribution >= 4 is 28.5 Å². The van der Waals surface area contributed by atoms with E-state index in [1.54, 1.807) is 48.5 Å². The zero-order valence-corrected chi connectivity index (χ0v) is 13.2. The fourth-order valence-electron chi connectivity index (χ4n) is 2.52. The molecule has 1 heterocycles. The number of hydrogen-bond acceptors (Lipinski definition) is 5. The van der Waals surface area contributed by atoms with Gasteiger partial charge in [-0.05, 0) is 23.8 Å². The van der Waals surface area contributed by atoms with Crippen LogP contribution in [-0.4, -0.2) is 17.1 Å². The fourth-order valence-corrected chi connectivity index (χ4v) is 2.62. The molecule has 0 saturated heterocycles. The van der Waals surface area contributed by atoms with Gasteiger partial charge in [0.05, 0.1) is 16.5 Å². The van der Waals surface area contributed by atoms with Crippen molar-refractivity contribution in [3.8, 4) is 5.75 Å². The van der Waals surface area contributed by atoms with Crippen LogP contribution in [0.25, 0.3) is 11.0 Å². The van der Waals surface area contributed by atoms with Crippen LogP contribution in [0.2, 0.25) is 0 Å². The SMILES string of the molecule is O=C(OCCl)c1ccccc1Cc1c(O)c2ccccc2oc1=O. The van der Waals surface area contributed by atoms with Gasteiger partial charge in [-0.2, -0.15) is 0 Å².